The third kappa shape index (κ3) is 4.38. The van der Waals surface area contributed by atoms with Crippen LogP contribution >= 0.6 is 0 Å². The van der Waals surface area contributed by atoms with Crippen LogP contribution in [0.15, 0.2) is 67.0 Å². The van der Waals surface area contributed by atoms with E-state index in [1.165, 1.54) is 0 Å². The Kier molecular flexibility index (Phi) is 6.12. The van der Waals surface area contributed by atoms with E-state index in [4.69, 9.17) is 9.47 Å². The molecule has 0 spiro atoms. The van der Waals surface area contributed by atoms with Gasteiger partial charge in [-0.1, -0.05) is 12.1 Å². The number of ether oxygens (including phenoxy) is 2. The number of fused-ring (bicyclic) bond motifs is 1. The highest BCUT2D eigenvalue weighted by atomic mass is 16.5. The third-order valence-corrected chi connectivity index (χ3v) is 5.94. The van der Waals surface area contributed by atoms with Gasteiger partial charge in [0.15, 0.2) is 5.65 Å². The van der Waals surface area contributed by atoms with E-state index in [-0.39, 0.29) is 5.91 Å². The molecular weight excluding hydrogens is 456 g/mol. The maximum absolute atomic E-state index is 13.1. The molecule has 182 valence electrons. The lowest BCUT2D eigenvalue weighted by Crippen LogP contribution is -2.15. The summed E-state index contributed by atoms with van der Waals surface area (Å²) < 4.78 is 14.4. The molecule has 0 saturated carbocycles. The van der Waals surface area contributed by atoms with Crippen molar-refractivity contribution < 1.29 is 14.3 Å². The zero-order valence-electron chi connectivity index (χ0n) is 20.5. The lowest BCUT2D eigenvalue weighted by Gasteiger charge is -2.12. The highest BCUT2D eigenvalue weighted by Crippen LogP contribution is 2.27. The van der Waals surface area contributed by atoms with Gasteiger partial charge in [0.05, 0.1) is 49.6 Å². The smallest absolute Gasteiger partial charge is 0.257 e. The summed E-state index contributed by atoms with van der Waals surface area (Å²) >= 11 is 0. The Balaban J connectivity index is 1.40. The fourth-order valence-electron chi connectivity index (χ4n) is 4.19. The summed E-state index contributed by atoms with van der Waals surface area (Å²) in [5.74, 6) is 1.16. The van der Waals surface area contributed by atoms with Crippen LogP contribution in [-0.4, -0.2) is 44.7 Å². The summed E-state index contributed by atoms with van der Waals surface area (Å²) in [5, 5.41) is 12.8. The van der Waals surface area contributed by atoms with Crippen molar-refractivity contribution in [2.24, 2.45) is 0 Å². The minimum absolute atomic E-state index is 0.261. The number of nitrogens with zero attached hydrogens (tertiary/aromatic N) is 5. The molecular formula is C27H26N6O3. The molecule has 36 heavy (non-hydrogen) atoms. The molecule has 9 nitrogen and oxygen atoms in total. The maximum atomic E-state index is 13.1. The molecule has 3 heterocycles. The minimum Gasteiger partial charge on any atom is -0.497 e. The van der Waals surface area contributed by atoms with Gasteiger partial charge in [-0.25, -0.2) is 14.3 Å². The Hall–Kier alpha value is -4.66. The second-order valence-electron chi connectivity index (χ2n) is 8.43. The van der Waals surface area contributed by atoms with Gasteiger partial charge in [0.2, 0.25) is 0 Å². The molecule has 1 N–H and O–H groups in total. The zero-order valence-corrected chi connectivity index (χ0v) is 20.5. The van der Waals surface area contributed by atoms with Crippen LogP contribution in [0.1, 0.15) is 27.3 Å². The number of carbonyl (C=O) groups excluding carboxylic acids is 1. The van der Waals surface area contributed by atoms with Crippen LogP contribution < -0.4 is 14.8 Å². The van der Waals surface area contributed by atoms with Gasteiger partial charge in [-0.15, -0.1) is 0 Å². The predicted molar refractivity (Wildman–Crippen MR) is 137 cm³/mol. The molecule has 0 aliphatic rings. The van der Waals surface area contributed by atoms with E-state index in [1.54, 1.807) is 37.4 Å². The number of pyridine rings is 1. The molecule has 0 fully saturated rings. The molecule has 5 rings (SSSR count). The van der Waals surface area contributed by atoms with Gasteiger partial charge in [0, 0.05) is 28.9 Å². The highest BCUT2D eigenvalue weighted by molar-refractivity contribution is 6.06. The molecule has 5 aromatic rings. The Morgan fingerprint density at radius 2 is 1.83 bits per heavy atom. The van der Waals surface area contributed by atoms with Crippen LogP contribution in [0.3, 0.4) is 0 Å². The lowest BCUT2D eigenvalue weighted by molar-refractivity contribution is 0.102. The third-order valence-electron chi connectivity index (χ3n) is 5.94. The van der Waals surface area contributed by atoms with Gasteiger partial charge in [-0.05, 0) is 50.2 Å². The molecule has 0 saturated heterocycles. The first-order valence-corrected chi connectivity index (χ1v) is 11.4. The normalized spacial score (nSPS) is 11.0. The Bertz CT molecular complexity index is 1570. The van der Waals surface area contributed by atoms with Gasteiger partial charge in [0.1, 0.15) is 11.5 Å². The first-order valence-electron chi connectivity index (χ1n) is 11.4. The van der Waals surface area contributed by atoms with Crippen LogP contribution in [-0.2, 0) is 6.54 Å². The second-order valence-corrected chi connectivity index (χ2v) is 8.43. The molecule has 0 unspecified atom stereocenters. The average Bonchev–Trinajstić information content (AvgIpc) is 3.45. The van der Waals surface area contributed by atoms with Crippen LogP contribution in [0.25, 0.3) is 16.7 Å². The van der Waals surface area contributed by atoms with Gasteiger partial charge in [0.25, 0.3) is 5.91 Å². The van der Waals surface area contributed by atoms with Crippen LogP contribution in [0.2, 0.25) is 0 Å². The number of rotatable bonds is 7. The summed E-state index contributed by atoms with van der Waals surface area (Å²) in [5.41, 5.74) is 5.40. The number of aryl methyl sites for hydroxylation is 2. The van der Waals surface area contributed by atoms with E-state index in [0.29, 0.717) is 34.9 Å². The van der Waals surface area contributed by atoms with Crippen molar-refractivity contribution >= 4 is 22.6 Å². The van der Waals surface area contributed by atoms with Crippen molar-refractivity contribution in [3.63, 3.8) is 0 Å². The Labute approximate surface area is 208 Å². The van der Waals surface area contributed by atoms with Gasteiger partial charge in [-0.2, -0.15) is 10.2 Å². The second kappa shape index (κ2) is 9.53. The monoisotopic (exact) mass is 482 g/mol. The van der Waals surface area contributed by atoms with Gasteiger partial charge >= 0.3 is 0 Å². The number of anilines is 1. The predicted octanol–water partition coefficient (Wildman–Crippen LogP) is 4.55. The van der Waals surface area contributed by atoms with Crippen LogP contribution in [0.4, 0.5) is 5.69 Å². The van der Waals surface area contributed by atoms with Crippen molar-refractivity contribution in [2.45, 2.75) is 20.4 Å². The SMILES string of the molecule is COc1ccc(Cn2ncc3cc(C(=O)Nc4ccccc4-n4nc(C)cc4C)cnc32)c(OC)c1. The number of benzene rings is 2. The highest BCUT2D eigenvalue weighted by Gasteiger charge is 2.15. The van der Waals surface area contributed by atoms with Crippen molar-refractivity contribution in [3.05, 3.63) is 89.5 Å². The van der Waals surface area contributed by atoms with Crippen LogP contribution in [0.5, 0.6) is 11.5 Å². The number of hydrogen-bond acceptors (Lipinski definition) is 6. The molecule has 0 aliphatic carbocycles. The average molecular weight is 483 g/mol. The van der Waals surface area contributed by atoms with Crippen molar-refractivity contribution in [1.29, 1.82) is 0 Å². The summed E-state index contributed by atoms with van der Waals surface area (Å²) in [4.78, 5) is 17.7. The molecule has 0 aliphatic heterocycles. The number of methoxy groups -OCH3 is 2. The van der Waals surface area contributed by atoms with E-state index in [9.17, 15) is 4.79 Å². The van der Waals surface area contributed by atoms with Gasteiger partial charge < -0.3 is 14.8 Å². The largest absolute Gasteiger partial charge is 0.497 e. The van der Waals surface area contributed by atoms with Crippen molar-refractivity contribution in [2.75, 3.05) is 19.5 Å². The van der Waals surface area contributed by atoms with Crippen LogP contribution in [0, 0.1) is 13.8 Å². The molecule has 3 aromatic heterocycles. The quantitative estimate of drug-likeness (QED) is 0.366. The first-order chi connectivity index (χ1) is 17.5. The Morgan fingerprint density at radius 3 is 2.58 bits per heavy atom. The molecule has 0 radical (unpaired) electrons. The summed E-state index contributed by atoms with van der Waals surface area (Å²) in [6.45, 7) is 4.39. The molecule has 9 heteroatoms. The van der Waals surface area contributed by atoms with E-state index in [0.717, 1.165) is 28.0 Å². The van der Waals surface area contributed by atoms with E-state index >= 15 is 0 Å². The number of hydrogen-bond donors (Lipinski definition) is 1. The molecule has 0 bridgehead atoms. The zero-order chi connectivity index (χ0) is 25.2. The topological polar surface area (TPSA) is 96.1 Å². The minimum atomic E-state index is -0.261. The summed E-state index contributed by atoms with van der Waals surface area (Å²) in [6, 6.07) is 17.0. The molecule has 1 amide bonds. The first kappa shape index (κ1) is 23.1. The number of para-hydroxylation sites is 2. The lowest BCUT2D eigenvalue weighted by atomic mass is 10.2. The van der Waals surface area contributed by atoms with Crippen molar-refractivity contribution in [3.8, 4) is 17.2 Å². The fraction of sp³-hybridized carbons (Fsp3) is 0.185. The van der Waals surface area contributed by atoms with E-state index in [2.05, 4.69) is 20.5 Å². The fourth-order valence-corrected chi connectivity index (χ4v) is 4.19. The van der Waals surface area contributed by atoms with Crippen molar-refractivity contribution in [1.82, 2.24) is 24.5 Å². The van der Waals surface area contributed by atoms with E-state index in [1.807, 2.05) is 67.1 Å². The standard InChI is InChI=1S/C27H26N6O3/c1-17-11-18(2)33(31-17)24-8-6-5-7-23(24)30-27(34)21-12-20-15-29-32(26(20)28-14-21)16-19-9-10-22(35-3)13-25(19)36-4/h5-15H,16H2,1-4H3,(H,30,34). The molecule has 2 aromatic carbocycles. The Morgan fingerprint density at radius 1 is 1.00 bits per heavy atom. The van der Waals surface area contributed by atoms with Gasteiger partial charge in [-0.3, -0.25) is 4.79 Å². The number of carbonyl (C=O) groups is 1. The molecule has 0 atom stereocenters. The number of aromatic nitrogens is 5. The summed E-state index contributed by atoms with van der Waals surface area (Å²) in [6.07, 6.45) is 3.27. The maximum Gasteiger partial charge on any atom is 0.257 e. The van der Waals surface area contributed by atoms with E-state index < -0.39 is 0 Å². The number of amides is 1. The number of nitrogens with one attached hydrogen (secondary N) is 1. The summed E-state index contributed by atoms with van der Waals surface area (Å²) in [7, 11) is 3.24.